The van der Waals surface area contributed by atoms with Crippen molar-refractivity contribution in [3.8, 4) is 0 Å². The molecule has 0 aliphatic carbocycles. The van der Waals surface area contributed by atoms with Crippen LogP contribution in [-0.4, -0.2) is 5.91 Å². The second-order valence-corrected chi connectivity index (χ2v) is 5.41. The Morgan fingerprint density at radius 2 is 1.58 bits per heavy atom. The zero-order chi connectivity index (χ0) is 14.0. The Balaban J connectivity index is 2.28. The molecule has 0 saturated carbocycles. The Kier molecular flexibility index (Phi) is 4.31. The van der Waals surface area contributed by atoms with Crippen molar-refractivity contribution in [2.45, 2.75) is 0 Å². The number of carbonyl (C=O) groups is 1. The van der Waals surface area contributed by atoms with E-state index in [4.69, 9.17) is 0 Å². The first-order valence-electron chi connectivity index (χ1n) is 5.19. The monoisotopic (exact) mass is 389 g/mol. The van der Waals surface area contributed by atoms with Crippen molar-refractivity contribution in [2.75, 3.05) is 5.32 Å². The number of amides is 1. The Labute approximate surface area is 125 Å². The molecule has 2 aromatic rings. The van der Waals surface area contributed by atoms with Gasteiger partial charge in [-0.15, -0.1) is 0 Å². The van der Waals surface area contributed by atoms with E-state index in [9.17, 15) is 13.6 Å². The Morgan fingerprint density at radius 3 is 2.26 bits per heavy atom. The summed E-state index contributed by atoms with van der Waals surface area (Å²) in [6.07, 6.45) is 0. The van der Waals surface area contributed by atoms with E-state index in [0.29, 0.717) is 14.6 Å². The molecule has 0 heterocycles. The number of anilines is 1. The molecule has 0 spiro atoms. The number of hydrogen-bond acceptors (Lipinski definition) is 1. The van der Waals surface area contributed by atoms with Gasteiger partial charge in [-0.05, 0) is 68.3 Å². The van der Waals surface area contributed by atoms with E-state index in [0.717, 1.165) is 6.07 Å². The summed E-state index contributed by atoms with van der Waals surface area (Å²) in [7, 11) is 0. The lowest BCUT2D eigenvalue weighted by molar-refractivity contribution is 0.102. The number of halogens is 4. The van der Waals surface area contributed by atoms with Crippen LogP contribution < -0.4 is 5.32 Å². The second kappa shape index (κ2) is 5.79. The van der Waals surface area contributed by atoms with E-state index >= 15 is 0 Å². The second-order valence-electron chi connectivity index (χ2n) is 3.70. The van der Waals surface area contributed by atoms with Gasteiger partial charge < -0.3 is 5.32 Å². The zero-order valence-corrected chi connectivity index (χ0v) is 12.6. The summed E-state index contributed by atoms with van der Waals surface area (Å²) < 4.78 is 26.9. The first-order chi connectivity index (χ1) is 8.97. The molecule has 2 aromatic carbocycles. The number of benzene rings is 2. The third-order valence-electron chi connectivity index (χ3n) is 2.35. The predicted octanol–water partition coefficient (Wildman–Crippen LogP) is 4.74. The van der Waals surface area contributed by atoms with Gasteiger partial charge >= 0.3 is 0 Å². The minimum Gasteiger partial charge on any atom is -0.321 e. The third-order valence-corrected chi connectivity index (χ3v) is 3.70. The Hall–Kier alpha value is -1.27. The lowest BCUT2D eigenvalue weighted by Gasteiger charge is -2.08. The average molecular weight is 391 g/mol. The molecule has 2 rings (SSSR count). The summed E-state index contributed by atoms with van der Waals surface area (Å²) in [5.74, 6) is -1.41. The molecule has 0 fully saturated rings. The van der Waals surface area contributed by atoms with Crippen molar-refractivity contribution in [2.24, 2.45) is 0 Å². The standard InChI is InChI=1S/C13H7Br2F2NO/c14-10-3-1-7(16)5-9(10)13(19)18-12-4-2-8(17)6-11(12)15/h1-6H,(H,18,19). The van der Waals surface area contributed by atoms with Gasteiger partial charge in [0.2, 0.25) is 0 Å². The van der Waals surface area contributed by atoms with E-state index in [1.54, 1.807) is 0 Å². The molecule has 98 valence electrons. The first-order valence-corrected chi connectivity index (χ1v) is 6.77. The zero-order valence-electron chi connectivity index (χ0n) is 9.38. The quantitative estimate of drug-likeness (QED) is 0.788. The maximum atomic E-state index is 13.1. The van der Waals surface area contributed by atoms with Gasteiger partial charge in [-0.2, -0.15) is 0 Å². The highest BCUT2D eigenvalue weighted by molar-refractivity contribution is 9.11. The van der Waals surface area contributed by atoms with Crippen LogP contribution >= 0.6 is 31.9 Å². The van der Waals surface area contributed by atoms with E-state index in [1.165, 1.54) is 30.3 Å². The molecule has 6 heteroatoms. The van der Waals surface area contributed by atoms with Crippen LogP contribution in [0.1, 0.15) is 10.4 Å². The summed E-state index contributed by atoms with van der Waals surface area (Å²) in [4.78, 5) is 12.0. The fourth-order valence-corrected chi connectivity index (χ4v) is 2.33. The summed E-state index contributed by atoms with van der Waals surface area (Å²) in [5.41, 5.74) is 0.568. The number of hydrogen-bond donors (Lipinski definition) is 1. The van der Waals surface area contributed by atoms with Crippen LogP contribution in [-0.2, 0) is 0 Å². The first kappa shape index (κ1) is 14.1. The molecule has 0 aromatic heterocycles. The van der Waals surface area contributed by atoms with Gasteiger partial charge in [0.25, 0.3) is 5.91 Å². The highest BCUT2D eigenvalue weighted by Gasteiger charge is 2.13. The fraction of sp³-hybridized carbons (Fsp3) is 0. The van der Waals surface area contributed by atoms with Gasteiger partial charge in [0.1, 0.15) is 11.6 Å². The smallest absolute Gasteiger partial charge is 0.256 e. The predicted molar refractivity (Wildman–Crippen MR) is 76.2 cm³/mol. The molecular formula is C13H7Br2F2NO. The maximum Gasteiger partial charge on any atom is 0.256 e. The maximum absolute atomic E-state index is 13.1. The van der Waals surface area contributed by atoms with Gasteiger partial charge in [0, 0.05) is 8.95 Å². The largest absolute Gasteiger partial charge is 0.321 e. The van der Waals surface area contributed by atoms with Gasteiger partial charge in [-0.1, -0.05) is 0 Å². The normalized spacial score (nSPS) is 10.3. The summed E-state index contributed by atoms with van der Waals surface area (Å²) in [6.45, 7) is 0. The molecular weight excluding hydrogens is 384 g/mol. The van der Waals surface area contributed by atoms with Gasteiger partial charge in [-0.25, -0.2) is 8.78 Å². The minimum atomic E-state index is -0.508. The molecule has 1 N–H and O–H groups in total. The van der Waals surface area contributed by atoms with Crippen molar-refractivity contribution in [1.82, 2.24) is 0 Å². The topological polar surface area (TPSA) is 29.1 Å². The van der Waals surface area contributed by atoms with E-state index in [1.807, 2.05) is 0 Å². The van der Waals surface area contributed by atoms with Crippen LogP contribution in [0, 0.1) is 11.6 Å². The van der Waals surface area contributed by atoms with E-state index in [2.05, 4.69) is 37.2 Å². The fourth-order valence-electron chi connectivity index (χ4n) is 1.45. The average Bonchev–Trinajstić information content (AvgIpc) is 2.35. The SMILES string of the molecule is O=C(Nc1ccc(F)cc1Br)c1cc(F)ccc1Br. The summed E-state index contributed by atoms with van der Waals surface area (Å²) in [6, 6.07) is 7.69. The van der Waals surface area contributed by atoms with Crippen molar-refractivity contribution in [3.05, 3.63) is 62.5 Å². The Morgan fingerprint density at radius 1 is 0.947 bits per heavy atom. The summed E-state index contributed by atoms with van der Waals surface area (Å²) >= 11 is 6.32. The van der Waals surface area contributed by atoms with Crippen LogP contribution in [0.4, 0.5) is 14.5 Å². The minimum absolute atomic E-state index is 0.163. The molecule has 0 aliphatic rings. The molecule has 19 heavy (non-hydrogen) atoms. The number of nitrogens with one attached hydrogen (secondary N) is 1. The van der Waals surface area contributed by atoms with Crippen molar-refractivity contribution in [3.63, 3.8) is 0 Å². The van der Waals surface area contributed by atoms with Gasteiger partial charge in [0.05, 0.1) is 11.3 Å². The molecule has 0 bridgehead atoms. The highest BCUT2D eigenvalue weighted by Crippen LogP contribution is 2.25. The van der Waals surface area contributed by atoms with Crippen LogP contribution in [0.25, 0.3) is 0 Å². The van der Waals surface area contributed by atoms with Crippen LogP contribution in [0.3, 0.4) is 0 Å². The van der Waals surface area contributed by atoms with Crippen molar-refractivity contribution >= 4 is 43.5 Å². The van der Waals surface area contributed by atoms with Crippen LogP contribution in [0.15, 0.2) is 45.3 Å². The van der Waals surface area contributed by atoms with Gasteiger partial charge in [0.15, 0.2) is 0 Å². The molecule has 2 nitrogen and oxygen atoms in total. The molecule has 0 saturated heterocycles. The molecule has 0 unspecified atom stereocenters. The van der Waals surface area contributed by atoms with Crippen LogP contribution in [0.5, 0.6) is 0 Å². The van der Waals surface area contributed by atoms with Crippen molar-refractivity contribution in [1.29, 1.82) is 0 Å². The van der Waals surface area contributed by atoms with E-state index in [-0.39, 0.29) is 5.56 Å². The molecule has 0 atom stereocenters. The highest BCUT2D eigenvalue weighted by atomic mass is 79.9. The number of rotatable bonds is 2. The molecule has 1 amide bonds. The summed E-state index contributed by atoms with van der Waals surface area (Å²) in [5, 5.41) is 2.57. The molecule has 0 aliphatic heterocycles. The van der Waals surface area contributed by atoms with Crippen LogP contribution in [0.2, 0.25) is 0 Å². The molecule has 0 radical (unpaired) electrons. The van der Waals surface area contributed by atoms with Gasteiger partial charge in [-0.3, -0.25) is 4.79 Å². The Bertz CT molecular complexity index is 647. The lowest BCUT2D eigenvalue weighted by atomic mass is 10.2. The lowest BCUT2D eigenvalue weighted by Crippen LogP contribution is -2.13. The van der Waals surface area contributed by atoms with E-state index < -0.39 is 17.5 Å². The third kappa shape index (κ3) is 3.39. The van der Waals surface area contributed by atoms with Crippen molar-refractivity contribution < 1.29 is 13.6 Å². The number of carbonyl (C=O) groups excluding carboxylic acids is 1.